The number of carbonyl (C=O) groups is 2. The summed E-state index contributed by atoms with van der Waals surface area (Å²) in [6.07, 6.45) is 0. The fourth-order valence-corrected chi connectivity index (χ4v) is 4.60. The lowest BCUT2D eigenvalue weighted by atomic mass is 9.81. The number of hydrogen-bond acceptors (Lipinski definition) is 5. The van der Waals surface area contributed by atoms with Crippen LogP contribution in [0, 0.1) is 17.1 Å². The van der Waals surface area contributed by atoms with Crippen LogP contribution in [0.1, 0.15) is 35.7 Å². The van der Waals surface area contributed by atoms with Crippen molar-refractivity contribution < 1.29 is 14.0 Å². The standard InChI is InChI=1S/C23H18ClFN2O2S/c1-13-21(14(2)28)22(17-5-3-4-6-19(17)24)18(11-26)23(27-13)30-12-20(29)15-7-9-16(25)10-8-15/h3-10,22,27H,12H2,1-2H3/t22-/m0/s1. The molecule has 0 radical (unpaired) electrons. The second-order valence-electron chi connectivity index (χ2n) is 6.75. The van der Waals surface area contributed by atoms with Crippen molar-refractivity contribution in [3.05, 3.63) is 92.4 Å². The van der Waals surface area contributed by atoms with Crippen molar-refractivity contribution in [3.63, 3.8) is 0 Å². The number of ketones is 2. The van der Waals surface area contributed by atoms with Crippen LogP contribution in [-0.4, -0.2) is 17.3 Å². The predicted octanol–water partition coefficient (Wildman–Crippen LogP) is 5.38. The maximum absolute atomic E-state index is 13.1. The first kappa shape index (κ1) is 21.8. The van der Waals surface area contributed by atoms with Gasteiger partial charge in [0.15, 0.2) is 11.6 Å². The molecule has 0 unspecified atom stereocenters. The van der Waals surface area contributed by atoms with E-state index in [2.05, 4.69) is 11.4 Å². The van der Waals surface area contributed by atoms with Crippen molar-refractivity contribution >= 4 is 34.9 Å². The van der Waals surface area contributed by atoms with E-state index in [1.54, 1.807) is 31.2 Å². The van der Waals surface area contributed by atoms with Crippen molar-refractivity contribution in [1.29, 1.82) is 5.26 Å². The molecule has 0 saturated carbocycles. The van der Waals surface area contributed by atoms with Gasteiger partial charge in [-0.05, 0) is 49.7 Å². The van der Waals surface area contributed by atoms with Crippen LogP contribution in [0.15, 0.2) is 70.4 Å². The summed E-state index contributed by atoms with van der Waals surface area (Å²) in [5, 5.41) is 14.0. The molecule has 2 aromatic carbocycles. The van der Waals surface area contributed by atoms with E-state index in [0.717, 1.165) is 0 Å². The molecular formula is C23H18ClFN2O2S. The molecule has 4 nitrogen and oxygen atoms in total. The normalized spacial score (nSPS) is 16.2. The van der Waals surface area contributed by atoms with Gasteiger partial charge in [0.05, 0.1) is 28.3 Å². The number of allylic oxidation sites excluding steroid dienone is 3. The quantitative estimate of drug-likeness (QED) is 0.610. The Morgan fingerprint density at radius 3 is 2.47 bits per heavy atom. The fourth-order valence-electron chi connectivity index (χ4n) is 3.37. The monoisotopic (exact) mass is 440 g/mol. The van der Waals surface area contributed by atoms with Crippen molar-refractivity contribution in [3.8, 4) is 6.07 Å². The Hall–Kier alpha value is -2.88. The number of rotatable bonds is 6. The summed E-state index contributed by atoms with van der Waals surface area (Å²) in [5.41, 5.74) is 2.45. The highest BCUT2D eigenvalue weighted by Gasteiger charge is 2.34. The van der Waals surface area contributed by atoms with Gasteiger partial charge in [0.2, 0.25) is 0 Å². The average Bonchev–Trinajstić information content (AvgIpc) is 2.72. The van der Waals surface area contributed by atoms with Gasteiger partial charge in [0.25, 0.3) is 0 Å². The summed E-state index contributed by atoms with van der Waals surface area (Å²) in [7, 11) is 0. The van der Waals surface area contributed by atoms with Gasteiger partial charge >= 0.3 is 0 Å². The van der Waals surface area contributed by atoms with Crippen LogP contribution in [0.5, 0.6) is 0 Å². The highest BCUT2D eigenvalue weighted by atomic mass is 35.5. The van der Waals surface area contributed by atoms with Crippen molar-refractivity contribution in [2.75, 3.05) is 5.75 Å². The van der Waals surface area contributed by atoms with Crippen LogP contribution in [0.4, 0.5) is 4.39 Å². The van der Waals surface area contributed by atoms with Gasteiger partial charge in [0.1, 0.15) is 5.82 Å². The number of dihydropyridines is 1. The molecule has 3 rings (SSSR count). The maximum atomic E-state index is 13.1. The van der Waals surface area contributed by atoms with Gasteiger partial charge in [-0.1, -0.05) is 41.6 Å². The number of nitriles is 1. The Morgan fingerprint density at radius 1 is 1.20 bits per heavy atom. The Bertz CT molecular complexity index is 1120. The molecule has 7 heteroatoms. The molecule has 0 spiro atoms. The lowest BCUT2D eigenvalue weighted by molar-refractivity contribution is -0.113. The Labute approximate surface area is 183 Å². The number of carbonyl (C=O) groups excluding carboxylic acids is 2. The third-order valence-corrected chi connectivity index (χ3v) is 6.12. The van der Waals surface area contributed by atoms with E-state index >= 15 is 0 Å². The van der Waals surface area contributed by atoms with Gasteiger partial charge in [-0.2, -0.15) is 5.26 Å². The van der Waals surface area contributed by atoms with Crippen molar-refractivity contribution in [1.82, 2.24) is 5.32 Å². The second-order valence-corrected chi connectivity index (χ2v) is 8.14. The summed E-state index contributed by atoms with van der Waals surface area (Å²) < 4.78 is 13.1. The lowest BCUT2D eigenvalue weighted by Crippen LogP contribution is -2.27. The molecule has 2 aromatic rings. The summed E-state index contributed by atoms with van der Waals surface area (Å²) in [6.45, 7) is 3.21. The average molecular weight is 441 g/mol. The molecule has 152 valence electrons. The third kappa shape index (κ3) is 4.48. The second kappa shape index (κ2) is 9.29. The van der Waals surface area contributed by atoms with E-state index in [1.807, 2.05) is 0 Å². The highest BCUT2D eigenvalue weighted by molar-refractivity contribution is 8.03. The molecule has 0 aromatic heterocycles. The summed E-state index contributed by atoms with van der Waals surface area (Å²) in [4.78, 5) is 24.9. The van der Waals surface area contributed by atoms with Gasteiger partial charge < -0.3 is 5.32 Å². The number of thioether (sulfide) groups is 1. The van der Waals surface area contributed by atoms with Crippen molar-refractivity contribution in [2.24, 2.45) is 0 Å². The lowest BCUT2D eigenvalue weighted by Gasteiger charge is -2.29. The molecule has 1 aliphatic heterocycles. The van der Waals surface area contributed by atoms with Crippen LogP contribution >= 0.6 is 23.4 Å². The number of benzene rings is 2. The highest BCUT2D eigenvalue weighted by Crippen LogP contribution is 2.43. The van der Waals surface area contributed by atoms with E-state index < -0.39 is 11.7 Å². The fraction of sp³-hybridized carbons (Fsp3) is 0.174. The smallest absolute Gasteiger partial charge is 0.173 e. The van der Waals surface area contributed by atoms with Gasteiger partial charge in [0, 0.05) is 21.9 Å². The van der Waals surface area contributed by atoms with Gasteiger partial charge in [-0.3, -0.25) is 9.59 Å². The Morgan fingerprint density at radius 2 is 1.87 bits per heavy atom. The molecule has 1 N–H and O–H groups in total. The van der Waals surface area contributed by atoms with Crippen molar-refractivity contribution in [2.45, 2.75) is 19.8 Å². The minimum absolute atomic E-state index is 0.0527. The molecule has 0 saturated heterocycles. The SMILES string of the molecule is CC(=O)C1=C(C)NC(SCC(=O)c2ccc(F)cc2)=C(C#N)[C@@H]1c1ccccc1Cl. The van der Waals surface area contributed by atoms with E-state index in [9.17, 15) is 19.2 Å². The molecule has 0 fully saturated rings. The minimum Gasteiger partial charge on any atom is -0.353 e. The Balaban J connectivity index is 1.97. The van der Waals surface area contributed by atoms with Crippen LogP contribution < -0.4 is 5.32 Å². The molecule has 1 atom stereocenters. The third-order valence-electron chi connectivity index (χ3n) is 4.76. The van der Waals surface area contributed by atoms with E-state index in [4.69, 9.17) is 11.6 Å². The molecule has 0 aliphatic carbocycles. The first-order valence-electron chi connectivity index (χ1n) is 9.12. The van der Waals surface area contributed by atoms with Crippen LogP contribution in [-0.2, 0) is 4.79 Å². The zero-order chi connectivity index (χ0) is 21.8. The largest absolute Gasteiger partial charge is 0.353 e. The zero-order valence-corrected chi connectivity index (χ0v) is 17.9. The Kier molecular flexibility index (Phi) is 6.76. The van der Waals surface area contributed by atoms with Gasteiger partial charge in [-0.25, -0.2) is 4.39 Å². The van der Waals surface area contributed by atoms with Gasteiger partial charge in [-0.15, -0.1) is 0 Å². The molecule has 0 bridgehead atoms. The number of hydrogen-bond donors (Lipinski definition) is 1. The van der Waals surface area contributed by atoms with E-state index in [0.29, 0.717) is 38.0 Å². The predicted molar refractivity (Wildman–Crippen MR) is 117 cm³/mol. The van der Waals surface area contributed by atoms with E-state index in [1.165, 1.54) is 43.0 Å². The number of halogens is 2. The molecule has 30 heavy (non-hydrogen) atoms. The molecular weight excluding hydrogens is 423 g/mol. The molecule has 0 amide bonds. The van der Waals surface area contributed by atoms with E-state index in [-0.39, 0.29) is 17.3 Å². The zero-order valence-electron chi connectivity index (χ0n) is 16.3. The van der Waals surface area contributed by atoms with Crippen LogP contribution in [0.3, 0.4) is 0 Å². The first-order chi connectivity index (χ1) is 14.3. The molecule has 1 aliphatic rings. The number of nitrogens with zero attached hydrogens (tertiary/aromatic N) is 1. The minimum atomic E-state index is -0.620. The summed E-state index contributed by atoms with van der Waals surface area (Å²) in [6, 6.07) is 14.6. The first-order valence-corrected chi connectivity index (χ1v) is 10.5. The number of nitrogens with one attached hydrogen (secondary N) is 1. The molecule has 1 heterocycles. The maximum Gasteiger partial charge on any atom is 0.173 e. The summed E-state index contributed by atoms with van der Waals surface area (Å²) >= 11 is 7.56. The topological polar surface area (TPSA) is 70.0 Å². The van der Waals surface area contributed by atoms with Crippen LogP contribution in [0.2, 0.25) is 5.02 Å². The van der Waals surface area contributed by atoms with Crippen LogP contribution in [0.25, 0.3) is 0 Å². The number of Topliss-reactive ketones (excluding diaryl/α,β-unsaturated/α-hetero) is 2. The summed E-state index contributed by atoms with van der Waals surface area (Å²) in [5.74, 6) is -1.34.